The standard InChI is InChI=1S/C18H24O4/c1-14(19)22-17-16-10-6-5-9-15(16)8-4-2-3-7-11-18(17)20-12-13-21-18/h5-6,9-10,17H,2-4,7-8,11-13H2,1H3/t17-/m1/s1. The normalized spacial score (nSPS) is 24.7. The smallest absolute Gasteiger partial charge is 0.303 e. The minimum absolute atomic E-state index is 0.296. The Hall–Kier alpha value is -1.39. The Morgan fingerprint density at radius 1 is 1.14 bits per heavy atom. The summed E-state index contributed by atoms with van der Waals surface area (Å²) in [6.07, 6.45) is 5.84. The second-order valence-corrected chi connectivity index (χ2v) is 6.11. The van der Waals surface area contributed by atoms with Gasteiger partial charge in [-0.3, -0.25) is 4.79 Å². The van der Waals surface area contributed by atoms with Gasteiger partial charge in [0, 0.05) is 18.9 Å². The number of carbonyl (C=O) groups excluding carboxylic acids is 1. The fourth-order valence-corrected chi connectivity index (χ4v) is 3.51. The summed E-state index contributed by atoms with van der Waals surface area (Å²) in [5.74, 6) is -1.12. The average molecular weight is 304 g/mol. The first-order valence-corrected chi connectivity index (χ1v) is 8.24. The van der Waals surface area contributed by atoms with Gasteiger partial charge in [-0.15, -0.1) is 0 Å². The summed E-state index contributed by atoms with van der Waals surface area (Å²) in [7, 11) is 0. The van der Waals surface area contributed by atoms with Crippen molar-refractivity contribution in [2.24, 2.45) is 0 Å². The lowest BCUT2D eigenvalue weighted by atomic mass is 9.88. The number of fused-ring (bicyclic) bond motifs is 1. The number of benzene rings is 1. The summed E-state index contributed by atoms with van der Waals surface area (Å²) >= 11 is 0. The molecular formula is C18H24O4. The van der Waals surface area contributed by atoms with Crippen LogP contribution >= 0.6 is 0 Å². The molecule has 22 heavy (non-hydrogen) atoms. The first-order valence-electron chi connectivity index (χ1n) is 8.24. The van der Waals surface area contributed by atoms with Gasteiger partial charge in [0.15, 0.2) is 6.10 Å². The Morgan fingerprint density at radius 3 is 2.64 bits per heavy atom. The largest absolute Gasteiger partial charge is 0.452 e. The van der Waals surface area contributed by atoms with E-state index in [1.165, 1.54) is 25.3 Å². The van der Waals surface area contributed by atoms with Gasteiger partial charge in [0.05, 0.1) is 13.2 Å². The van der Waals surface area contributed by atoms with E-state index in [9.17, 15) is 4.79 Å². The highest BCUT2D eigenvalue weighted by atomic mass is 16.8. The van der Waals surface area contributed by atoms with Crippen molar-refractivity contribution in [3.63, 3.8) is 0 Å². The van der Waals surface area contributed by atoms with Crippen LogP contribution in [-0.2, 0) is 25.4 Å². The summed E-state index contributed by atoms with van der Waals surface area (Å²) in [5, 5.41) is 0. The highest BCUT2D eigenvalue weighted by molar-refractivity contribution is 5.66. The molecule has 3 rings (SSSR count). The summed E-state index contributed by atoms with van der Waals surface area (Å²) in [4.78, 5) is 11.7. The highest BCUT2D eigenvalue weighted by Gasteiger charge is 2.47. The van der Waals surface area contributed by atoms with Crippen LogP contribution in [0.1, 0.15) is 56.3 Å². The van der Waals surface area contributed by atoms with Gasteiger partial charge in [-0.2, -0.15) is 0 Å². The van der Waals surface area contributed by atoms with Crippen molar-refractivity contribution in [2.45, 2.75) is 57.3 Å². The third-order valence-corrected chi connectivity index (χ3v) is 4.52. The van der Waals surface area contributed by atoms with Crippen molar-refractivity contribution in [1.29, 1.82) is 0 Å². The van der Waals surface area contributed by atoms with Crippen molar-refractivity contribution in [3.8, 4) is 0 Å². The second kappa shape index (κ2) is 6.80. The van der Waals surface area contributed by atoms with Gasteiger partial charge in [0.2, 0.25) is 5.79 Å². The number of hydrogen-bond acceptors (Lipinski definition) is 4. The van der Waals surface area contributed by atoms with E-state index in [4.69, 9.17) is 14.2 Å². The zero-order valence-corrected chi connectivity index (χ0v) is 13.2. The maximum atomic E-state index is 11.7. The minimum atomic E-state index is -0.820. The molecule has 2 aliphatic rings. The van der Waals surface area contributed by atoms with Gasteiger partial charge in [-0.05, 0) is 24.8 Å². The molecule has 0 saturated carbocycles. The van der Waals surface area contributed by atoms with Gasteiger partial charge in [0.25, 0.3) is 0 Å². The molecule has 1 heterocycles. The molecular weight excluding hydrogens is 280 g/mol. The van der Waals surface area contributed by atoms with Crippen LogP contribution in [0.2, 0.25) is 0 Å². The van der Waals surface area contributed by atoms with E-state index in [0.717, 1.165) is 31.2 Å². The number of esters is 1. The summed E-state index contributed by atoms with van der Waals surface area (Å²) in [5.41, 5.74) is 2.26. The van der Waals surface area contributed by atoms with Crippen LogP contribution in [-0.4, -0.2) is 25.0 Å². The molecule has 120 valence electrons. The SMILES string of the molecule is CC(=O)O[C@@H]1c2ccccc2CCCCCCC12OCCO2. The van der Waals surface area contributed by atoms with Crippen LogP contribution in [0.5, 0.6) is 0 Å². The molecule has 1 saturated heterocycles. The van der Waals surface area contributed by atoms with E-state index in [1.54, 1.807) is 0 Å². The number of rotatable bonds is 1. The topological polar surface area (TPSA) is 44.8 Å². The Morgan fingerprint density at radius 2 is 1.86 bits per heavy atom. The van der Waals surface area contributed by atoms with Gasteiger partial charge in [0.1, 0.15) is 0 Å². The van der Waals surface area contributed by atoms with Crippen molar-refractivity contribution >= 4 is 5.97 Å². The molecule has 1 aromatic carbocycles. The predicted octanol–water partition coefficient (Wildman–Crippen LogP) is 3.54. The molecule has 0 unspecified atom stereocenters. The predicted molar refractivity (Wildman–Crippen MR) is 82.4 cm³/mol. The van der Waals surface area contributed by atoms with E-state index in [1.807, 2.05) is 18.2 Å². The van der Waals surface area contributed by atoms with Crippen LogP contribution in [0.25, 0.3) is 0 Å². The van der Waals surface area contributed by atoms with E-state index < -0.39 is 11.9 Å². The maximum Gasteiger partial charge on any atom is 0.303 e. The van der Waals surface area contributed by atoms with Gasteiger partial charge in [-0.1, -0.05) is 37.1 Å². The lowest BCUT2D eigenvalue weighted by molar-refractivity contribution is -0.238. The summed E-state index contributed by atoms with van der Waals surface area (Å²) in [6.45, 7) is 2.56. The number of ether oxygens (including phenoxy) is 3. The van der Waals surface area contributed by atoms with Gasteiger partial charge in [-0.25, -0.2) is 0 Å². The van der Waals surface area contributed by atoms with Crippen molar-refractivity contribution in [3.05, 3.63) is 35.4 Å². The molecule has 0 bridgehead atoms. The molecule has 0 aromatic heterocycles. The molecule has 0 amide bonds. The number of aryl methyl sites for hydroxylation is 1. The Bertz CT molecular complexity index is 520. The summed E-state index contributed by atoms with van der Waals surface area (Å²) < 4.78 is 17.7. The van der Waals surface area contributed by atoms with Crippen molar-refractivity contribution in [1.82, 2.24) is 0 Å². The fraction of sp³-hybridized carbons (Fsp3) is 0.611. The lowest BCUT2D eigenvalue weighted by Gasteiger charge is -2.36. The molecule has 1 atom stereocenters. The molecule has 4 heteroatoms. The molecule has 4 nitrogen and oxygen atoms in total. The van der Waals surface area contributed by atoms with E-state index in [-0.39, 0.29) is 5.97 Å². The second-order valence-electron chi connectivity index (χ2n) is 6.11. The molecule has 0 radical (unpaired) electrons. The van der Waals surface area contributed by atoms with Crippen LogP contribution in [0, 0.1) is 0 Å². The molecule has 1 fully saturated rings. The number of hydrogen-bond donors (Lipinski definition) is 0. The van der Waals surface area contributed by atoms with Crippen molar-refractivity contribution < 1.29 is 19.0 Å². The average Bonchev–Trinajstić information content (AvgIpc) is 2.98. The summed E-state index contributed by atoms with van der Waals surface area (Å²) in [6, 6.07) is 8.19. The minimum Gasteiger partial charge on any atom is -0.452 e. The monoisotopic (exact) mass is 304 g/mol. The first kappa shape index (κ1) is 15.5. The quantitative estimate of drug-likeness (QED) is 0.744. The maximum absolute atomic E-state index is 11.7. The van der Waals surface area contributed by atoms with Crippen LogP contribution in [0.15, 0.2) is 24.3 Å². The van der Waals surface area contributed by atoms with E-state index >= 15 is 0 Å². The first-order chi connectivity index (χ1) is 10.7. The van der Waals surface area contributed by atoms with Crippen molar-refractivity contribution in [2.75, 3.05) is 13.2 Å². The van der Waals surface area contributed by atoms with Crippen LogP contribution in [0.3, 0.4) is 0 Å². The third-order valence-electron chi connectivity index (χ3n) is 4.52. The zero-order chi connectivity index (χ0) is 15.4. The number of carbonyl (C=O) groups is 1. The molecule has 1 aromatic rings. The zero-order valence-electron chi connectivity index (χ0n) is 13.2. The van der Waals surface area contributed by atoms with Crippen LogP contribution in [0.4, 0.5) is 0 Å². The Kier molecular flexibility index (Phi) is 4.79. The van der Waals surface area contributed by atoms with Gasteiger partial charge >= 0.3 is 5.97 Å². The lowest BCUT2D eigenvalue weighted by Crippen LogP contribution is -2.40. The molecule has 1 spiro atoms. The fourth-order valence-electron chi connectivity index (χ4n) is 3.51. The Labute approximate surface area is 131 Å². The van der Waals surface area contributed by atoms with Gasteiger partial charge < -0.3 is 14.2 Å². The molecule has 1 aliphatic heterocycles. The van der Waals surface area contributed by atoms with E-state index in [2.05, 4.69) is 6.07 Å². The van der Waals surface area contributed by atoms with E-state index in [0.29, 0.717) is 13.2 Å². The molecule has 0 N–H and O–H groups in total. The van der Waals surface area contributed by atoms with Crippen LogP contribution < -0.4 is 0 Å². The third kappa shape index (κ3) is 3.18. The Balaban J connectivity index is 2.03. The molecule has 1 aliphatic carbocycles. The highest BCUT2D eigenvalue weighted by Crippen LogP contribution is 2.42.